The second-order valence-electron chi connectivity index (χ2n) is 6.66. The number of fused-ring (bicyclic) bond motifs is 1. The molecule has 2 aromatic rings. The van der Waals surface area contributed by atoms with Gasteiger partial charge in [-0.15, -0.1) is 4.40 Å². The van der Waals surface area contributed by atoms with Crippen LogP contribution in [0.3, 0.4) is 0 Å². The molecule has 2 heterocycles. The highest BCUT2D eigenvalue weighted by Crippen LogP contribution is 2.32. The SMILES string of the molecule is CCOc1ccccc1NC(=O)[C@@H]1CCCN1C1=NS(=O)(=O)c2ccccc21. The van der Waals surface area contributed by atoms with E-state index in [0.717, 1.165) is 6.42 Å². The number of carbonyl (C=O) groups is 1. The molecule has 0 radical (unpaired) electrons. The molecule has 146 valence electrons. The predicted octanol–water partition coefficient (Wildman–Crippen LogP) is 2.64. The summed E-state index contributed by atoms with van der Waals surface area (Å²) in [5.74, 6) is 0.759. The Kier molecular flexibility index (Phi) is 4.80. The molecular weight excluding hydrogens is 378 g/mol. The lowest BCUT2D eigenvalue weighted by molar-refractivity contribution is -0.119. The molecule has 1 atom stereocenters. The topological polar surface area (TPSA) is 88.1 Å². The fourth-order valence-electron chi connectivity index (χ4n) is 3.66. The smallest absolute Gasteiger partial charge is 0.285 e. The van der Waals surface area contributed by atoms with Crippen molar-refractivity contribution in [1.29, 1.82) is 0 Å². The Labute approximate surface area is 164 Å². The average Bonchev–Trinajstić information content (AvgIpc) is 3.27. The van der Waals surface area contributed by atoms with Crippen LogP contribution in [0.5, 0.6) is 5.75 Å². The number of sulfonamides is 1. The highest BCUT2D eigenvalue weighted by atomic mass is 32.2. The molecule has 7 nitrogen and oxygen atoms in total. The molecule has 2 aliphatic rings. The minimum atomic E-state index is -3.72. The maximum absolute atomic E-state index is 13.0. The normalized spacial score (nSPS) is 19.8. The van der Waals surface area contributed by atoms with E-state index in [4.69, 9.17) is 4.74 Å². The molecule has 1 N–H and O–H groups in total. The van der Waals surface area contributed by atoms with Gasteiger partial charge in [-0.1, -0.05) is 24.3 Å². The molecule has 0 unspecified atom stereocenters. The molecule has 1 fully saturated rings. The van der Waals surface area contributed by atoms with Crippen molar-refractivity contribution in [2.75, 3.05) is 18.5 Å². The Morgan fingerprint density at radius 2 is 1.96 bits per heavy atom. The van der Waals surface area contributed by atoms with Crippen LogP contribution in [0.1, 0.15) is 25.3 Å². The molecule has 0 aliphatic carbocycles. The number of para-hydroxylation sites is 2. The molecule has 2 aromatic carbocycles. The molecule has 4 rings (SSSR count). The molecule has 1 amide bonds. The van der Waals surface area contributed by atoms with Gasteiger partial charge < -0.3 is 15.0 Å². The van der Waals surface area contributed by atoms with Gasteiger partial charge in [-0.05, 0) is 44.0 Å². The van der Waals surface area contributed by atoms with E-state index in [1.807, 2.05) is 19.1 Å². The van der Waals surface area contributed by atoms with Crippen molar-refractivity contribution in [2.24, 2.45) is 4.40 Å². The predicted molar refractivity (Wildman–Crippen MR) is 106 cm³/mol. The van der Waals surface area contributed by atoms with E-state index in [-0.39, 0.29) is 10.8 Å². The summed E-state index contributed by atoms with van der Waals surface area (Å²) in [4.78, 5) is 15.0. The van der Waals surface area contributed by atoms with Crippen LogP contribution in [0.25, 0.3) is 0 Å². The second kappa shape index (κ2) is 7.27. The minimum Gasteiger partial charge on any atom is -0.492 e. The molecule has 0 saturated carbocycles. The first kappa shape index (κ1) is 18.5. The standard InChI is InChI=1S/C20H21N3O4S/c1-2-27-17-11-5-4-9-15(17)21-20(24)16-10-7-13-23(16)19-14-8-3-6-12-18(14)28(25,26)22-19/h3-6,8-9,11-12,16H,2,7,10,13H2,1H3,(H,21,24)/t16-/m0/s1. The van der Waals surface area contributed by atoms with Crippen LogP contribution in [0.4, 0.5) is 5.69 Å². The summed E-state index contributed by atoms with van der Waals surface area (Å²) in [6, 6.07) is 13.5. The number of hydrogen-bond acceptors (Lipinski definition) is 5. The van der Waals surface area contributed by atoms with Crippen molar-refractivity contribution in [3.05, 3.63) is 54.1 Å². The third kappa shape index (κ3) is 3.24. The van der Waals surface area contributed by atoms with Gasteiger partial charge in [-0.2, -0.15) is 8.42 Å². The Morgan fingerprint density at radius 3 is 2.79 bits per heavy atom. The van der Waals surface area contributed by atoms with Crippen LogP contribution in [0, 0.1) is 0 Å². The number of nitrogens with one attached hydrogen (secondary N) is 1. The van der Waals surface area contributed by atoms with Crippen molar-refractivity contribution in [1.82, 2.24) is 4.90 Å². The average molecular weight is 399 g/mol. The number of benzene rings is 2. The van der Waals surface area contributed by atoms with Gasteiger partial charge in [0.1, 0.15) is 16.7 Å². The first-order valence-electron chi connectivity index (χ1n) is 9.25. The van der Waals surface area contributed by atoms with E-state index in [9.17, 15) is 13.2 Å². The summed E-state index contributed by atoms with van der Waals surface area (Å²) in [6.45, 7) is 2.95. The largest absolute Gasteiger partial charge is 0.492 e. The number of likely N-dealkylation sites (tertiary alicyclic amines) is 1. The van der Waals surface area contributed by atoms with Crippen LogP contribution in [0.2, 0.25) is 0 Å². The van der Waals surface area contributed by atoms with Gasteiger partial charge in [0.05, 0.1) is 12.3 Å². The van der Waals surface area contributed by atoms with Crippen LogP contribution in [-0.4, -0.2) is 44.3 Å². The number of amides is 1. The third-order valence-corrected chi connectivity index (χ3v) is 6.21. The first-order chi connectivity index (χ1) is 13.5. The molecule has 28 heavy (non-hydrogen) atoms. The van der Waals surface area contributed by atoms with E-state index >= 15 is 0 Å². The summed E-state index contributed by atoms with van der Waals surface area (Å²) in [5.41, 5.74) is 1.15. The number of anilines is 1. The molecule has 2 aliphatic heterocycles. The van der Waals surface area contributed by atoms with Gasteiger partial charge in [0.2, 0.25) is 5.91 Å². The van der Waals surface area contributed by atoms with Gasteiger partial charge in [0.15, 0.2) is 5.84 Å². The fourth-order valence-corrected chi connectivity index (χ4v) is 4.87. The number of amidine groups is 1. The summed E-state index contributed by atoms with van der Waals surface area (Å²) < 4.78 is 34.3. The van der Waals surface area contributed by atoms with E-state index in [0.29, 0.717) is 42.4 Å². The maximum atomic E-state index is 13.0. The molecule has 0 bridgehead atoms. The molecular formula is C20H21N3O4S. The zero-order valence-corrected chi connectivity index (χ0v) is 16.3. The Bertz CT molecular complexity index is 1050. The number of rotatable bonds is 4. The Hall–Kier alpha value is -2.87. The molecule has 8 heteroatoms. The number of ether oxygens (including phenoxy) is 1. The summed E-state index contributed by atoms with van der Waals surface area (Å²) in [7, 11) is -3.72. The minimum absolute atomic E-state index is 0.192. The molecule has 0 spiro atoms. The van der Waals surface area contributed by atoms with Gasteiger partial charge in [-0.3, -0.25) is 4.79 Å². The van der Waals surface area contributed by atoms with Crippen LogP contribution < -0.4 is 10.1 Å². The van der Waals surface area contributed by atoms with Gasteiger partial charge in [-0.25, -0.2) is 0 Å². The van der Waals surface area contributed by atoms with E-state index in [1.165, 1.54) is 0 Å². The quantitative estimate of drug-likeness (QED) is 0.854. The number of carbonyl (C=O) groups excluding carboxylic acids is 1. The zero-order chi connectivity index (χ0) is 19.7. The molecule has 0 aromatic heterocycles. The highest BCUT2D eigenvalue weighted by Gasteiger charge is 2.39. The van der Waals surface area contributed by atoms with Crippen molar-refractivity contribution < 1.29 is 17.9 Å². The van der Waals surface area contributed by atoms with E-state index in [1.54, 1.807) is 41.3 Å². The van der Waals surface area contributed by atoms with Gasteiger partial charge in [0, 0.05) is 12.1 Å². The van der Waals surface area contributed by atoms with Crippen molar-refractivity contribution in [2.45, 2.75) is 30.7 Å². The van der Waals surface area contributed by atoms with Crippen molar-refractivity contribution in [3.63, 3.8) is 0 Å². The maximum Gasteiger partial charge on any atom is 0.285 e. The highest BCUT2D eigenvalue weighted by molar-refractivity contribution is 7.90. The van der Waals surface area contributed by atoms with E-state index < -0.39 is 16.1 Å². The number of hydrogen-bond donors (Lipinski definition) is 1. The van der Waals surface area contributed by atoms with Gasteiger partial charge in [0.25, 0.3) is 10.0 Å². The summed E-state index contributed by atoms with van der Waals surface area (Å²) in [6.07, 6.45) is 1.41. The van der Waals surface area contributed by atoms with Crippen molar-refractivity contribution in [3.8, 4) is 5.75 Å². The first-order valence-corrected chi connectivity index (χ1v) is 10.7. The Balaban J connectivity index is 1.61. The second-order valence-corrected chi connectivity index (χ2v) is 8.23. The lowest BCUT2D eigenvalue weighted by atomic mass is 10.1. The monoisotopic (exact) mass is 399 g/mol. The third-order valence-electron chi connectivity index (χ3n) is 4.88. The van der Waals surface area contributed by atoms with Crippen molar-refractivity contribution >= 4 is 27.5 Å². The fraction of sp³-hybridized carbons (Fsp3) is 0.300. The number of nitrogens with zero attached hydrogens (tertiary/aromatic N) is 2. The van der Waals surface area contributed by atoms with Gasteiger partial charge >= 0.3 is 0 Å². The summed E-state index contributed by atoms with van der Waals surface area (Å²) >= 11 is 0. The zero-order valence-electron chi connectivity index (χ0n) is 15.5. The van der Waals surface area contributed by atoms with Crippen LogP contribution >= 0.6 is 0 Å². The Morgan fingerprint density at radius 1 is 1.21 bits per heavy atom. The lowest BCUT2D eigenvalue weighted by Gasteiger charge is -2.26. The van der Waals surface area contributed by atoms with E-state index in [2.05, 4.69) is 9.71 Å². The van der Waals surface area contributed by atoms with Crippen LogP contribution in [-0.2, 0) is 14.8 Å². The summed E-state index contributed by atoms with van der Waals surface area (Å²) in [5, 5.41) is 2.93. The van der Waals surface area contributed by atoms with Crippen LogP contribution in [0.15, 0.2) is 57.8 Å². The molecule has 1 saturated heterocycles. The lowest BCUT2D eigenvalue weighted by Crippen LogP contribution is -2.43.